The molecule has 1 aliphatic rings. The van der Waals surface area contributed by atoms with E-state index >= 15 is 0 Å². The van der Waals surface area contributed by atoms with Gasteiger partial charge in [-0.05, 0) is 38.4 Å². The highest BCUT2D eigenvalue weighted by Crippen LogP contribution is 2.23. The Balaban J connectivity index is 1.77. The lowest BCUT2D eigenvalue weighted by molar-refractivity contribution is -0.0160. The maximum atomic E-state index is 5.64. The van der Waals surface area contributed by atoms with Crippen LogP contribution in [0.5, 0.6) is 0 Å². The SMILES string of the molecule is CNCc1ccc(COC2CCC2)o1. The molecule has 2 rings (SSSR count). The van der Waals surface area contributed by atoms with E-state index in [1.807, 2.05) is 19.2 Å². The zero-order valence-electron chi connectivity index (χ0n) is 8.58. The largest absolute Gasteiger partial charge is 0.462 e. The van der Waals surface area contributed by atoms with Gasteiger partial charge in [-0.2, -0.15) is 0 Å². The third-order valence-electron chi connectivity index (χ3n) is 2.58. The summed E-state index contributed by atoms with van der Waals surface area (Å²) >= 11 is 0. The fourth-order valence-corrected chi connectivity index (χ4v) is 1.51. The van der Waals surface area contributed by atoms with Crippen LogP contribution in [-0.2, 0) is 17.9 Å². The smallest absolute Gasteiger partial charge is 0.129 e. The minimum absolute atomic E-state index is 0.479. The van der Waals surface area contributed by atoms with E-state index in [1.165, 1.54) is 19.3 Å². The summed E-state index contributed by atoms with van der Waals surface area (Å²) in [5.74, 6) is 1.90. The number of ether oxygens (including phenoxy) is 1. The minimum Gasteiger partial charge on any atom is -0.462 e. The Labute approximate surface area is 84.4 Å². The predicted octanol–water partition coefficient (Wildman–Crippen LogP) is 2.07. The van der Waals surface area contributed by atoms with Crippen LogP contribution in [0.2, 0.25) is 0 Å². The molecule has 3 nitrogen and oxygen atoms in total. The van der Waals surface area contributed by atoms with E-state index in [0.29, 0.717) is 12.7 Å². The molecule has 1 aliphatic carbocycles. The van der Waals surface area contributed by atoms with Crippen molar-refractivity contribution in [3.63, 3.8) is 0 Å². The van der Waals surface area contributed by atoms with E-state index in [1.54, 1.807) is 0 Å². The van der Waals surface area contributed by atoms with Gasteiger partial charge in [0.25, 0.3) is 0 Å². The van der Waals surface area contributed by atoms with Crippen LogP contribution in [0.25, 0.3) is 0 Å². The first kappa shape index (κ1) is 9.74. The normalized spacial score (nSPS) is 16.9. The lowest BCUT2D eigenvalue weighted by atomic mass is 9.96. The summed E-state index contributed by atoms with van der Waals surface area (Å²) in [6, 6.07) is 3.99. The van der Waals surface area contributed by atoms with Gasteiger partial charge in [0.1, 0.15) is 18.1 Å². The molecule has 1 aromatic rings. The molecule has 14 heavy (non-hydrogen) atoms. The van der Waals surface area contributed by atoms with Crippen molar-refractivity contribution in [2.24, 2.45) is 0 Å². The molecule has 1 fully saturated rings. The summed E-state index contributed by atoms with van der Waals surface area (Å²) in [5, 5.41) is 3.05. The second-order valence-corrected chi connectivity index (χ2v) is 3.76. The Bertz CT molecular complexity index is 279. The van der Waals surface area contributed by atoms with E-state index in [9.17, 15) is 0 Å². The van der Waals surface area contributed by atoms with Gasteiger partial charge in [-0.3, -0.25) is 0 Å². The number of rotatable bonds is 5. The second-order valence-electron chi connectivity index (χ2n) is 3.76. The zero-order valence-corrected chi connectivity index (χ0v) is 8.58. The zero-order chi connectivity index (χ0) is 9.80. The third kappa shape index (κ3) is 2.36. The highest BCUT2D eigenvalue weighted by molar-refractivity contribution is 5.06. The van der Waals surface area contributed by atoms with Gasteiger partial charge in [0.2, 0.25) is 0 Å². The molecule has 1 aromatic heterocycles. The molecular formula is C11H17NO2. The van der Waals surface area contributed by atoms with Crippen LogP contribution in [0.4, 0.5) is 0 Å². The third-order valence-corrected chi connectivity index (χ3v) is 2.58. The van der Waals surface area contributed by atoms with Gasteiger partial charge in [0.05, 0.1) is 12.6 Å². The summed E-state index contributed by atoms with van der Waals surface area (Å²) in [6.07, 6.45) is 4.22. The van der Waals surface area contributed by atoms with Crippen molar-refractivity contribution in [1.29, 1.82) is 0 Å². The molecule has 0 amide bonds. The summed E-state index contributed by atoms with van der Waals surface area (Å²) in [7, 11) is 1.91. The van der Waals surface area contributed by atoms with Crippen LogP contribution in [-0.4, -0.2) is 13.2 Å². The second kappa shape index (κ2) is 4.62. The first-order valence-corrected chi connectivity index (χ1v) is 5.22. The molecule has 3 heteroatoms. The fourth-order valence-electron chi connectivity index (χ4n) is 1.51. The maximum Gasteiger partial charge on any atom is 0.129 e. The summed E-state index contributed by atoms with van der Waals surface area (Å²) in [4.78, 5) is 0. The molecular weight excluding hydrogens is 178 g/mol. The van der Waals surface area contributed by atoms with Crippen molar-refractivity contribution >= 4 is 0 Å². The predicted molar refractivity (Wildman–Crippen MR) is 53.9 cm³/mol. The highest BCUT2D eigenvalue weighted by Gasteiger charge is 2.18. The van der Waals surface area contributed by atoms with Crippen LogP contribution in [0.15, 0.2) is 16.5 Å². The average Bonchev–Trinajstić information content (AvgIpc) is 2.51. The standard InChI is InChI=1S/C11H17NO2/c1-12-7-10-5-6-11(14-10)8-13-9-3-2-4-9/h5-6,9,12H,2-4,7-8H2,1H3. The maximum absolute atomic E-state index is 5.64. The van der Waals surface area contributed by atoms with Crippen molar-refractivity contribution in [2.75, 3.05) is 7.05 Å². The number of furan rings is 1. The Morgan fingerprint density at radius 1 is 1.43 bits per heavy atom. The topological polar surface area (TPSA) is 34.4 Å². The molecule has 1 saturated carbocycles. The molecule has 0 aromatic carbocycles. The van der Waals surface area contributed by atoms with Crippen molar-refractivity contribution < 1.29 is 9.15 Å². The number of hydrogen-bond acceptors (Lipinski definition) is 3. The number of hydrogen-bond donors (Lipinski definition) is 1. The van der Waals surface area contributed by atoms with Crippen LogP contribution in [0.3, 0.4) is 0 Å². The summed E-state index contributed by atoms with van der Waals surface area (Å²) < 4.78 is 11.2. The summed E-state index contributed by atoms with van der Waals surface area (Å²) in [6.45, 7) is 1.40. The molecule has 0 atom stereocenters. The van der Waals surface area contributed by atoms with Gasteiger partial charge in [0, 0.05) is 0 Å². The molecule has 0 unspecified atom stereocenters. The van der Waals surface area contributed by atoms with Gasteiger partial charge >= 0.3 is 0 Å². The van der Waals surface area contributed by atoms with Gasteiger partial charge in [-0.15, -0.1) is 0 Å². The van der Waals surface area contributed by atoms with E-state index in [2.05, 4.69) is 5.32 Å². The van der Waals surface area contributed by atoms with Crippen molar-refractivity contribution in [3.8, 4) is 0 Å². The molecule has 0 spiro atoms. The van der Waals surface area contributed by atoms with Crippen LogP contribution >= 0.6 is 0 Å². The molecule has 0 aliphatic heterocycles. The Morgan fingerprint density at radius 3 is 2.86 bits per heavy atom. The minimum atomic E-state index is 0.479. The molecule has 0 radical (unpaired) electrons. The van der Waals surface area contributed by atoms with Crippen molar-refractivity contribution in [1.82, 2.24) is 5.32 Å². The molecule has 0 bridgehead atoms. The monoisotopic (exact) mass is 195 g/mol. The van der Waals surface area contributed by atoms with Crippen LogP contribution in [0.1, 0.15) is 30.8 Å². The van der Waals surface area contributed by atoms with Crippen molar-refractivity contribution in [3.05, 3.63) is 23.7 Å². The highest BCUT2D eigenvalue weighted by atomic mass is 16.5. The first-order valence-electron chi connectivity index (χ1n) is 5.22. The van der Waals surface area contributed by atoms with Gasteiger partial charge in [-0.25, -0.2) is 0 Å². The average molecular weight is 195 g/mol. The first-order chi connectivity index (χ1) is 6.88. The lowest BCUT2D eigenvalue weighted by Crippen LogP contribution is -2.20. The molecule has 78 valence electrons. The van der Waals surface area contributed by atoms with Gasteiger partial charge < -0.3 is 14.5 Å². The Hall–Kier alpha value is -0.800. The Kier molecular flexibility index (Phi) is 3.22. The van der Waals surface area contributed by atoms with Gasteiger partial charge in [-0.1, -0.05) is 0 Å². The van der Waals surface area contributed by atoms with E-state index in [4.69, 9.17) is 9.15 Å². The van der Waals surface area contributed by atoms with E-state index < -0.39 is 0 Å². The van der Waals surface area contributed by atoms with Gasteiger partial charge in [0.15, 0.2) is 0 Å². The van der Waals surface area contributed by atoms with Crippen LogP contribution < -0.4 is 5.32 Å². The quantitative estimate of drug-likeness (QED) is 0.781. The molecule has 1 heterocycles. The fraction of sp³-hybridized carbons (Fsp3) is 0.636. The Morgan fingerprint density at radius 2 is 2.21 bits per heavy atom. The molecule has 1 N–H and O–H groups in total. The van der Waals surface area contributed by atoms with Crippen molar-refractivity contribution in [2.45, 2.75) is 38.5 Å². The van der Waals surface area contributed by atoms with Crippen LogP contribution in [0, 0.1) is 0 Å². The van der Waals surface area contributed by atoms with E-state index in [0.717, 1.165) is 18.1 Å². The molecule has 0 saturated heterocycles. The number of nitrogens with one attached hydrogen (secondary N) is 1. The summed E-state index contributed by atoms with van der Waals surface area (Å²) in [5.41, 5.74) is 0. The lowest BCUT2D eigenvalue weighted by Gasteiger charge is -2.24. The van der Waals surface area contributed by atoms with E-state index in [-0.39, 0.29) is 0 Å².